The van der Waals surface area contributed by atoms with Crippen LogP contribution in [0, 0.1) is 6.92 Å². The van der Waals surface area contributed by atoms with E-state index in [1.807, 2.05) is 60.0 Å². The van der Waals surface area contributed by atoms with Gasteiger partial charge in [0.05, 0.1) is 24.0 Å². The highest BCUT2D eigenvalue weighted by atomic mass is 35.5. The Morgan fingerprint density at radius 3 is 2.47 bits per heavy atom. The van der Waals surface area contributed by atoms with Crippen LogP contribution >= 0.6 is 11.6 Å². The van der Waals surface area contributed by atoms with E-state index in [1.165, 1.54) is 0 Å². The number of aryl methyl sites for hydroxylation is 1. The number of halogens is 1. The summed E-state index contributed by atoms with van der Waals surface area (Å²) < 4.78 is 1.93. The second-order valence-corrected chi connectivity index (χ2v) is 8.17. The van der Waals surface area contributed by atoms with Crippen LogP contribution < -0.4 is 5.32 Å². The molecule has 4 aromatic rings. The van der Waals surface area contributed by atoms with Gasteiger partial charge in [0.1, 0.15) is 5.82 Å². The smallest absolute Gasteiger partial charge is 0.224 e. The third-order valence-electron chi connectivity index (χ3n) is 5.48. The highest BCUT2D eigenvalue weighted by Crippen LogP contribution is 2.18. The number of hydrogen-bond donors (Lipinski definition) is 1. The molecule has 162 valence electrons. The summed E-state index contributed by atoms with van der Waals surface area (Å²) in [7, 11) is 0. The van der Waals surface area contributed by atoms with Crippen molar-refractivity contribution in [2.75, 3.05) is 6.54 Å². The molecule has 0 atom stereocenters. The van der Waals surface area contributed by atoms with Crippen molar-refractivity contribution in [3.63, 3.8) is 0 Å². The van der Waals surface area contributed by atoms with Crippen molar-refractivity contribution in [2.45, 2.75) is 26.3 Å². The number of benzene rings is 3. The number of imidazole rings is 1. The summed E-state index contributed by atoms with van der Waals surface area (Å²) in [5, 5.41) is 3.57. The summed E-state index contributed by atoms with van der Waals surface area (Å²) in [4.78, 5) is 30.0. The first-order chi connectivity index (χ1) is 15.5. The molecule has 1 N–H and O–H groups in total. The van der Waals surface area contributed by atoms with Gasteiger partial charge < -0.3 is 9.88 Å². The maximum atomic E-state index is 12.9. The van der Waals surface area contributed by atoms with Gasteiger partial charge in [-0.25, -0.2) is 4.98 Å². The topological polar surface area (TPSA) is 64.0 Å². The minimum absolute atomic E-state index is 0.0188. The van der Waals surface area contributed by atoms with Crippen LogP contribution in [0.25, 0.3) is 11.0 Å². The molecule has 32 heavy (non-hydrogen) atoms. The third kappa shape index (κ3) is 5.06. The molecule has 1 heterocycles. The van der Waals surface area contributed by atoms with Crippen LogP contribution in [-0.2, 0) is 24.2 Å². The van der Waals surface area contributed by atoms with Crippen molar-refractivity contribution in [3.05, 3.63) is 100 Å². The zero-order chi connectivity index (χ0) is 22.5. The Balaban J connectivity index is 1.46. The van der Waals surface area contributed by atoms with E-state index >= 15 is 0 Å². The number of rotatable bonds is 8. The first-order valence-corrected chi connectivity index (χ1v) is 10.9. The van der Waals surface area contributed by atoms with Crippen molar-refractivity contribution in [1.82, 2.24) is 14.9 Å². The van der Waals surface area contributed by atoms with Crippen molar-refractivity contribution in [3.8, 4) is 0 Å². The van der Waals surface area contributed by atoms with Crippen LogP contribution in [0.4, 0.5) is 0 Å². The van der Waals surface area contributed by atoms with Crippen LogP contribution in [0.5, 0.6) is 0 Å². The summed E-state index contributed by atoms with van der Waals surface area (Å²) >= 11 is 5.94. The number of hydrogen-bond acceptors (Lipinski definition) is 3. The summed E-state index contributed by atoms with van der Waals surface area (Å²) in [5.74, 6) is 0.721. The number of ketones is 1. The van der Waals surface area contributed by atoms with Gasteiger partial charge in [-0.15, -0.1) is 0 Å². The lowest BCUT2D eigenvalue weighted by molar-refractivity contribution is -0.120. The van der Waals surface area contributed by atoms with Crippen LogP contribution in [0.3, 0.4) is 0 Å². The van der Waals surface area contributed by atoms with Gasteiger partial charge in [0.15, 0.2) is 5.78 Å². The lowest BCUT2D eigenvalue weighted by atomic mass is 10.1. The van der Waals surface area contributed by atoms with Crippen LogP contribution in [-0.4, -0.2) is 27.8 Å². The van der Waals surface area contributed by atoms with E-state index in [9.17, 15) is 9.59 Å². The molecule has 3 aromatic carbocycles. The Labute approximate surface area is 192 Å². The molecule has 0 unspecified atom stereocenters. The molecule has 6 heteroatoms. The molecular weight excluding hydrogens is 422 g/mol. The number of nitrogens with zero attached hydrogens (tertiary/aromatic N) is 2. The average molecular weight is 446 g/mol. The number of amides is 1. The van der Waals surface area contributed by atoms with Gasteiger partial charge in [0.25, 0.3) is 0 Å². The highest BCUT2D eigenvalue weighted by Gasteiger charge is 2.15. The Morgan fingerprint density at radius 2 is 1.69 bits per heavy atom. The third-order valence-corrected chi connectivity index (χ3v) is 5.74. The molecule has 0 saturated carbocycles. The summed E-state index contributed by atoms with van der Waals surface area (Å²) in [6, 6.07) is 22.5. The molecule has 0 aliphatic heterocycles. The normalized spacial score (nSPS) is 10.9. The molecule has 4 rings (SSSR count). The molecule has 1 amide bonds. The van der Waals surface area contributed by atoms with Gasteiger partial charge in [0, 0.05) is 23.6 Å². The largest absolute Gasteiger partial charge is 0.355 e. The molecule has 0 aliphatic rings. The van der Waals surface area contributed by atoms with E-state index in [2.05, 4.69) is 5.32 Å². The molecule has 1 aromatic heterocycles. The Bertz CT molecular complexity index is 1260. The van der Waals surface area contributed by atoms with Crippen molar-refractivity contribution in [1.29, 1.82) is 0 Å². The lowest BCUT2D eigenvalue weighted by Crippen LogP contribution is -2.28. The number of nitrogens with one attached hydrogen (secondary N) is 1. The second kappa shape index (κ2) is 9.79. The van der Waals surface area contributed by atoms with Crippen molar-refractivity contribution < 1.29 is 9.59 Å². The van der Waals surface area contributed by atoms with Crippen LogP contribution in [0.15, 0.2) is 72.8 Å². The predicted octanol–water partition coefficient (Wildman–Crippen LogP) is 4.78. The molecule has 0 radical (unpaired) electrons. The molecular formula is C26H24ClN3O2. The first-order valence-electron chi connectivity index (χ1n) is 10.6. The van der Waals surface area contributed by atoms with E-state index in [0.717, 1.165) is 28.0 Å². The van der Waals surface area contributed by atoms with E-state index in [0.29, 0.717) is 30.0 Å². The van der Waals surface area contributed by atoms with E-state index < -0.39 is 0 Å². The number of fused-ring (bicyclic) bond motifs is 1. The monoisotopic (exact) mass is 445 g/mol. The van der Waals surface area contributed by atoms with E-state index in [1.54, 1.807) is 24.3 Å². The number of aromatic nitrogens is 2. The maximum Gasteiger partial charge on any atom is 0.224 e. The summed E-state index contributed by atoms with van der Waals surface area (Å²) in [6.45, 7) is 2.63. The van der Waals surface area contributed by atoms with E-state index in [-0.39, 0.29) is 18.2 Å². The lowest BCUT2D eigenvalue weighted by Gasteiger charge is -2.10. The molecule has 0 aliphatic carbocycles. The summed E-state index contributed by atoms with van der Waals surface area (Å²) in [5.41, 5.74) is 4.45. The Hall–Kier alpha value is -3.44. The van der Waals surface area contributed by atoms with Gasteiger partial charge in [-0.2, -0.15) is 0 Å². The first kappa shape index (κ1) is 21.8. The zero-order valence-corrected chi connectivity index (χ0v) is 18.6. The maximum absolute atomic E-state index is 12.9. The van der Waals surface area contributed by atoms with Crippen LogP contribution in [0.2, 0.25) is 5.02 Å². The standard InChI is InChI=1S/C26H24ClN3O2/c1-18-6-2-3-7-20(18)16-26(32)28-15-14-25-29-22-8-4-5-9-23(22)30(25)17-24(31)19-10-12-21(27)13-11-19/h2-13H,14-17H2,1H3,(H,28,32). The van der Waals surface area contributed by atoms with Crippen LogP contribution in [0.1, 0.15) is 27.3 Å². The molecule has 0 spiro atoms. The fraction of sp³-hybridized carbons (Fsp3) is 0.192. The van der Waals surface area contributed by atoms with Crippen molar-refractivity contribution >= 4 is 34.3 Å². The van der Waals surface area contributed by atoms with Gasteiger partial charge in [0.2, 0.25) is 5.91 Å². The second-order valence-electron chi connectivity index (χ2n) is 7.74. The van der Waals surface area contributed by atoms with Gasteiger partial charge >= 0.3 is 0 Å². The number of carbonyl (C=O) groups is 2. The number of para-hydroxylation sites is 2. The predicted molar refractivity (Wildman–Crippen MR) is 127 cm³/mol. The van der Waals surface area contributed by atoms with E-state index in [4.69, 9.17) is 16.6 Å². The van der Waals surface area contributed by atoms with Gasteiger partial charge in [-0.3, -0.25) is 9.59 Å². The molecule has 5 nitrogen and oxygen atoms in total. The zero-order valence-electron chi connectivity index (χ0n) is 17.8. The minimum atomic E-state index is -0.0285. The average Bonchev–Trinajstić information content (AvgIpc) is 3.13. The minimum Gasteiger partial charge on any atom is -0.355 e. The Kier molecular flexibility index (Phi) is 6.66. The quantitative estimate of drug-likeness (QED) is 0.397. The summed E-state index contributed by atoms with van der Waals surface area (Å²) in [6.07, 6.45) is 0.875. The van der Waals surface area contributed by atoms with Crippen molar-refractivity contribution in [2.24, 2.45) is 0 Å². The molecule has 0 fully saturated rings. The van der Waals surface area contributed by atoms with Gasteiger partial charge in [-0.05, 0) is 54.4 Å². The fourth-order valence-electron chi connectivity index (χ4n) is 3.72. The van der Waals surface area contributed by atoms with Gasteiger partial charge in [-0.1, -0.05) is 48.0 Å². The number of Topliss-reactive ketones (excluding diaryl/α,β-unsaturated/α-hetero) is 1. The Morgan fingerprint density at radius 1 is 0.969 bits per heavy atom. The molecule has 0 bridgehead atoms. The SMILES string of the molecule is Cc1ccccc1CC(=O)NCCc1nc2ccccc2n1CC(=O)c1ccc(Cl)cc1. The fourth-order valence-corrected chi connectivity index (χ4v) is 3.85. The number of carbonyl (C=O) groups excluding carboxylic acids is 2. The molecule has 0 saturated heterocycles. The highest BCUT2D eigenvalue weighted by molar-refractivity contribution is 6.30.